The van der Waals surface area contributed by atoms with E-state index in [9.17, 15) is 9.18 Å². The predicted octanol–water partition coefficient (Wildman–Crippen LogP) is 2.34. The molecule has 4 nitrogen and oxygen atoms in total. The van der Waals surface area contributed by atoms with Gasteiger partial charge < -0.3 is 11.1 Å². The number of nitrogens with zero attached hydrogens (tertiary/aromatic N) is 1. The monoisotopic (exact) mass is 279 g/mol. The van der Waals surface area contributed by atoms with Gasteiger partial charge in [0.05, 0.1) is 10.7 Å². The number of rotatable bonds is 4. The maximum Gasteiger partial charge on any atom is 0.275 e. The van der Waals surface area contributed by atoms with E-state index in [4.69, 9.17) is 5.73 Å². The van der Waals surface area contributed by atoms with E-state index >= 15 is 0 Å². The van der Waals surface area contributed by atoms with Crippen molar-refractivity contribution in [2.24, 2.45) is 5.73 Å². The van der Waals surface area contributed by atoms with Crippen LogP contribution in [-0.4, -0.2) is 17.4 Å². The van der Waals surface area contributed by atoms with E-state index < -0.39 is 11.7 Å². The Balaban J connectivity index is 2.16. The van der Waals surface area contributed by atoms with Gasteiger partial charge in [-0.05, 0) is 25.1 Å². The number of carbonyl (C=O) groups excluding carboxylic acids is 1. The fourth-order valence-corrected chi connectivity index (χ4v) is 2.42. The lowest BCUT2D eigenvalue weighted by Gasteiger charge is -2.07. The molecule has 1 heterocycles. The van der Waals surface area contributed by atoms with Crippen molar-refractivity contribution in [2.45, 2.75) is 13.3 Å². The Morgan fingerprint density at radius 1 is 1.53 bits per heavy atom. The first-order valence-electron chi connectivity index (χ1n) is 5.82. The number of para-hydroxylation sites is 1. The molecule has 0 radical (unpaired) electrons. The quantitative estimate of drug-likeness (QED) is 0.902. The molecule has 0 fully saturated rings. The van der Waals surface area contributed by atoms with Crippen LogP contribution in [0.4, 0.5) is 10.1 Å². The van der Waals surface area contributed by atoms with Gasteiger partial charge in [0, 0.05) is 11.8 Å². The maximum absolute atomic E-state index is 13.6. The largest absolute Gasteiger partial charge is 0.330 e. The van der Waals surface area contributed by atoms with Crippen LogP contribution in [0.2, 0.25) is 0 Å². The lowest BCUT2D eigenvalue weighted by molar-refractivity contribution is 0.102. The summed E-state index contributed by atoms with van der Waals surface area (Å²) in [6.45, 7) is 2.22. The summed E-state index contributed by atoms with van der Waals surface area (Å²) in [5, 5.41) is 5.00. The molecule has 0 saturated heterocycles. The van der Waals surface area contributed by atoms with Crippen molar-refractivity contribution in [3.8, 4) is 0 Å². The number of thiazole rings is 1. The van der Waals surface area contributed by atoms with Gasteiger partial charge >= 0.3 is 0 Å². The molecule has 2 rings (SSSR count). The van der Waals surface area contributed by atoms with Crippen LogP contribution in [0.1, 0.15) is 21.1 Å². The number of amides is 1. The van der Waals surface area contributed by atoms with E-state index in [1.807, 2.05) is 0 Å². The highest BCUT2D eigenvalue weighted by Crippen LogP contribution is 2.20. The Bertz CT molecular complexity index is 577. The number of hydrogen-bond donors (Lipinski definition) is 2. The molecule has 1 amide bonds. The molecule has 1 aromatic carbocycles. The molecule has 0 spiro atoms. The second kappa shape index (κ2) is 5.90. The van der Waals surface area contributed by atoms with Crippen molar-refractivity contribution in [2.75, 3.05) is 11.9 Å². The molecule has 3 N–H and O–H groups in total. The second-order valence-electron chi connectivity index (χ2n) is 4.05. The lowest BCUT2D eigenvalue weighted by Crippen LogP contribution is -2.14. The predicted molar refractivity (Wildman–Crippen MR) is 74.0 cm³/mol. The molecule has 6 heteroatoms. The van der Waals surface area contributed by atoms with Gasteiger partial charge in [-0.2, -0.15) is 0 Å². The SMILES string of the molecule is Cc1cccc(F)c1NC(=O)c1csc(CCN)n1. The normalized spacial score (nSPS) is 10.5. The van der Waals surface area contributed by atoms with Crippen LogP contribution in [-0.2, 0) is 6.42 Å². The van der Waals surface area contributed by atoms with E-state index in [-0.39, 0.29) is 11.4 Å². The Kier molecular flexibility index (Phi) is 4.24. The van der Waals surface area contributed by atoms with Gasteiger partial charge in [0.2, 0.25) is 0 Å². The summed E-state index contributed by atoms with van der Waals surface area (Å²) in [7, 11) is 0. The van der Waals surface area contributed by atoms with Crippen molar-refractivity contribution in [3.05, 3.63) is 45.7 Å². The maximum atomic E-state index is 13.6. The minimum Gasteiger partial charge on any atom is -0.330 e. The van der Waals surface area contributed by atoms with Crippen molar-refractivity contribution in [1.29, 1.82) is 0 Å². The Morgan fingerprint density at radius 3 is 3.00 bits per heavy atom. The highest BCUT2D eigenvalue weighted by molar-refractivity contribution is 7.09. The highest BCUT2D eigenvalue weighted by atomic mass is 32.1. The lowest BCUT2D eigenvalue weighted by atomic mass is 10.2. The summed E-state index contributed by atoms with van der Waals surface area (Å²) in [6, 6.07) is 4.64. The third-order valence-electron chi connectivity index (χ3n) is 2.60. The van der Waals surface area contributed by atoms with Crippen LogP contribution in [0.25, 0.3) is 0 Å². The van der Waals surface area contributed by atoms with Crippen LogP contribution < -0.4 is 11.1 Å². The van der Waals surface area contributed by atoms with Crippen LogP contribution in [0.5, 0.6) is 0 Å². The number of nitrogens with two attached hydrogens (primary N) is 1. The molecule has 19 heavy (non-hydrogen) atoms. The third-order valence-corrected chi connectivity index (χ3v) is 3.51. The average molecular weight is 279 g/mol. The van der Waals surface area contributed by atoms with Crippen LogP contribution in [0.3, 0.4) is 0 Å². The summed E-state index contributed by atoms with van der Waals surface area (Å²) in [5.41, 5.74) is 6.58. The van der Waals surface area contributed by atoms with Crippen molar-refractivity contribution < 1.29 is 9.18 Å². The number of carbonyl (C=O) groups is 1. The first-order chi connectivity index (χ1) is 9.11. The van der Waals surface area contributed by atoms with E-state index in [1.54, 1.807) is 24.4 Å². The summed E-state index contributed by atoms with van der Waals surface area (Å²) in [6.07, 6.45) is 0.636. The highest BCUT2D eigenvalue weighted by Gasteiger charge is 2.14. The topological polar surface area (TPSA) is 68.0 Å². The number of nitrogens with one attached hydrogen (secondary N) is 1. The molecule has 100 valence electrons. The molecular weight excluding hydrogens is 265 g/mol. The number of halogens is 1. The molecule has 0 bridgehead atoms. The molecule has 1 aromatic heterocycles. The zero-order chi connectivity index (χ0) is 13.8. The fraction of sp³-hybridized carbons (Fsp3) is 0.231. The third kappa shape index (κ3) is 3.15. The van der Waals surface area contributed by atoms with Gasteiger partial charge in [-0.3, -0.25) is 4.79 Å². The van der Waals surface area contributed by atoms with Gasteiger partial charge in [-0.15, -0.1) is 11.3 Å². The smallest absolute Gasteiger partial charge is 0.275 e. The number of benzene rings is 1. The van der Waals surface area contributed by atoms with Gasteiger partial charge in [-0.1, -0.05) is 12.1 Å². The Morgan fingerprint density at radius 2 is 2.32 bits per heavy atom. The first kappa shape index (κ1) is 13.6. The van der Waals surface area contributed by atoms with Crippen LogP contribution >= 0.6 is 11.3 Å². The molecule has 0 unspecified atom stereocenters. The van der Waals surface area contributed by atoms with E-state index in [1.165, 1.54) is 17.4 Å². The molecule has 0 aliphatic heterocycles. The summed E-state index contributed by atoms with van der Waals surface area (Å²) < 4.78 is 13.6. The van der Waals surface area contributed by atoms with Gasteiger partial charge in [0.15, 0.2) is 0 Å². The summed E-state index contributed by atoms with van der Waals surface area (Å²) in [5.74, 6) is -0.863. The number of hydrogen-bond acceptors (Lipinski definition) is 4. The number of aryl methyl sites for hydroxylation is 1. The van der Waals surface area contributed by atoms with Crippen molar-refractivity contribution in [3.63, 3.8) is 0 Å². The molecule has 2 aromatic rings. The van der Waals surface area contributed by atoms with Gasteiger partial charge in [-0.25, -0.2) is 9.37 Å². The van der Waals surface area contributed by atoms with Crippen molar-refractivity contribution in [1.82, 2.24) is 4.98 Å². The van der Waals surface area contributed by atoms with E-state index in [0.717, 1.165) is 5.01 Å². The second-order valence-corrected chi connectivity index (χ2v) is 4.99. The fourth-order valence-electron chi connectivity index (χ4n) is 1.62. The van der Waals surface area contributed by atoms with E-state index in [0.29, 0.717) is 18.5 Å². The minimum atomic E-state index is -0.453. The zero-order valence-electron chi connectivity index (χ0n) is 10.4. The zero-order valence-corrected chi connectivity index (χ0v) is 11.3. The van der Waals surface area contributed by atoms with Crippen molar-refractivity contribution >= 4 is 22.9 Å². The van der Waals surface area contributed by atoms with Crippen LogP contribution in [0.15, 0.2) is 23.6 Å². The molecule has 0 aliphatic rings. The number of aromatic nitrogens is 1. The first-order valence-corrected chi connectivity index (χ1v) is 6.70. The summed E-state index contributed by atoms with van der Waals surface area (Å²) in [4.78, 5) is 16.1. The standard InChI is InChI=1S/C13H14FN3OS/c1-8-3-2-4-9(14)12(8)17-13(18)10-7-19-11(16-10)5-6-15/h2-4,7H,5-6,15H2,1H3,(H,17,18). The van der Waals surface area contributed by atoms with Gasteiger partial charge in [0.1, 0.15) is 11.5 Å². The minimum absolute atomic E-state index is 0.195. The molecule has 0 atom stereocenters. The summed E-state index contributed by atoms with van der Waals surface area (Å²) >= 11 is 1.38. The molecule has 0 aliphatic carbocycles. The molecular formula is C13H14FN3OS. The molecule has 0 saturated carbocycles. The average Bonchev–Trinajstić information content (AvgIpc) is 2.83. The number of anilines is 1. The Hall–Kier alpha value is -1.79. The van der Waals surface area contributed by atoms with Crippen LogP contribution in [0, 0.1) is 12.7 Å². The Labute approximate surface area is 114 Å². The van der Waals surface area contributed by atoms with E-state index in [2.05, 4.69) is 10.3 Å². The van der Waals surface area contributed by atoms with Gasteiger partial charge in [0.25, 0.3) is 5.91 Å².